The van der Waals surface area contributed by atoms with Gasteiger partial charge in [0.25, 0.3) is 5.69 Å². The first-order chi connectivity index (χ1) is 18.1. The molecule has 0 fully saturated rings. The Hall–Kier alpha value is -4.67. The zero-order valence-electron chi connectivity index (χ0n) is 19.8. The van der Waals surface area contributed by atoms with Gasteiger partial charge in [0, 0.05) is 28.0 Å². The summed E-state index contributed by atoms with van der Waals surface area (Å²) in [5, 5.41) is 22.9. The molecule has 5 aromatic rings. The van der Waals surface area contributed by atoms with E-state index in [4.69, 9.17) is 4.74 Å². The standard InChI is InChI=1S/C30H23N4O2P/c35-34(36)27-22-20-25(21-23-27)32-31-24-16-18-26(19-17-24)33-37(28-10-4-1-5-11-28,29-12-6-2-7-13-29)30-14-8-3-9-15-30/h1-23H. The highest BCUT2D eigenvalue weighted by Gasteiger charge is 2.27. The Morgan fingerprint density at radius 1 is 0.486 bits per heavy atom. The van der Waals surface area contributed by atoms with E-state index < -0.39 is 12.0 Å². The lowest BCUT2D eigenvalue weighted by atomic mass is 10.3. The first-order valence-corrected chi connectivity index (χ1v) is 13.4. The second-order valence-corrected chi connectivity index (χ2v) is 11.3. The van der Waals surface area contributed by atoms with E-state index in [1.54, 1.807) is 12.1 Å². The van der Waals surface area contributed by atoms with Gasteiger partial charge in [-0.05, 0) is 36.4 Å². The van der Waals surface area contributed by atoms with Crippen LogP contribution < -0.4 is 15.9 Å². The first kappa shape index (κ1) is 24.0. The second kappa shape index (κ2) is 10.9. The van der Waals surface area contributed by atoms with Gasteiger partial charge in [0.15, 0.2) is 0 Å². The largest absolute Gasteiger partial charge is 0.269 e. The molecule has 0 saturated heterocycles. The summed E-state index contributed by atoms with van der Waals surface area (Å²) in [7, 11) is -2.35. The number of rotatable bonds is 7. The van der Waals surface area contributed by atoms with Gasteiger partial charge in [-0.3, -0.25) is 14.9 Å². The van der Waals surface area contributed by atoms with E-state index in [0.29, 0.717) is 11.4 Å². The fourth-order valence-corrected chi connectivity index (χ4v) is 7.60. The van der Waals surface area contributed by atoms with Crippen molar-refractivity contribution in [2.45, 2.75) is 0 Å². The first-order valence-electron chi connectivity index (χ1n) is 11.7. The van der Waals surface area contributed by atoms with E-state index >= 15 is 0 Å². The molecule has 0 N–H and O–H groups in total. The molecule has 0 saturated carbocycles. The minimum Gasteiger partial charge on any atom is -0.258 e. The molecule has 0 aliphatic heterocycles. The molecular formula is C30H23N4O2P. The summed E-state index contributed by atoms with van der Waals surface area (Å²) in [6.07, 6.45) is 0. The van der Waals surface area contributed by atoms with Crippen LogP contribution in [0, 0.1) is 10.1 Å². The maximum absolute atomic E-state index is 10.8. The lowest BCUT2D eigenvalue weighted by molar-refractivity contribution is -0.384. The molecule has 0 unspecified atom stereocenters. The maximum Gasteiger partial charge on any atom is 0.269 e. The Bertz CT molecular complexity index is 1470. The van der Waals surface area contributed by atoms with Crippen molar-refractivity contribution in [3.63, 3.8) is 0 Å². The molecule has 5 aromatic carbocycles. The van der Waals surface area contributed by atoms with Gasteiger partial charge in [-0.2, -0.15) is 10.2 Å². The Labute approximate surface area is 215 Å². The van der Waals surface area contributed by atoms with E-state index in [0.717, 1.165) is 5.69 Å². The van der Waals surface area contributed by atoms with Crippen molar-refractivity contribution in [2.24, 2.45) is 15.0 Å². The summed E-state index contributed by atoms with van der Waals surface area (Å²) < 4.78 is 5.46. The molecule has 0 radical (unpaired) electrons. The predicted molar refractivity (Wildman–Crippen MR) is 151 cm³/mol. The average Bonchev–Trinajstić information content (AvgIpc) is 2.97. The fourth-order valence-electron chi connectivity index (χ4n) is 4.07. The smallest absolute Gasteiger partial charge is 0.258 e. The van der Waals surface area contributed by atoms with Crippen LogP contribution in [-0.2, 0) is 0 Å². The molecule has 0 atom stereocenters. The SMILES string of the molecule is O=[N+]([O-])c1ccc(N=Nc2ccc(N=P(c3ccccc3)(c3ccccc3)c3ccccc3)cc2)cc1. The number of nitro groups is 1. The lowest BCUT2D eigenvalue weighted by Crippen LogP contribution is -2.25. The third-order valence-electron chi connectivity index (χ3n) is 5.85. The van der Waals surface area contributed by atoms with Crippen LogP contribution in [0.25, 0.3) is 0 Å². The Balaban J connectivity index is 1.57. The molecule has 0 amide bonds. The zero-order valence-corrected chi connectivity index (χ0v) is 20.7. The molecular weight excluding hydrogens is 479 g/mol. The van der Waals surface area contributed by atoms with Crippen molar-refractivity contribution < 1.29 is 4.92 Å². The van der Waals surface area contributed by atoms with E-state index in [1.165, 1.54) is 28.0 Å². The average molecular weight is 503 g/mol. The number of hydrogen-bond acceptors (Lipinski definition) is 5. The van der Waals surface area contributed by atoms with Gasteiger partial charge >= 0.3 is 0 Å². The van der Waals surface area contributed by atoms with Gasteiger partial charge in [-0.25, -0.2) is 0 Å². The molecule has 6 nitrogen and oxygen atoms in total. The minimum atomic E-state index is -2.35. The highest BCUT2D eigenvalue weighted by atomic mass is 31.2. The number of azo groups is 1. The van der Waals surface area contributed by atoms with Gasteiger partial charge in [0.2, 0.25) is 0 Å². The summed E-state index contributed by atoms with van der Waals surface area (Å²) in [6.45, 7) is 0. The number of nitro benzene ring substituents is 1. The molecule has 0 aliphatic carbocycles. The van der Waals surface area contributed by atoms with Gasteiger partial charge in [0.1, 0.15) is 0 Å². The molecule has 180 valence electrons. The van der Waals surface area contributed by atoms with Crippen molar-refractivity contribution in [3.05, 3.63) is 150 Å². The van der Waals surface area contributed by atoms with Crippen molar-refractivity contribution in [3.8, 4) is 0 Å². The molecule has 0 bridgehead atoms. The van der Waals surface area contributed by atoms with E-state index in [1.807, 2.05) is 42.5 Å². The minimum absolute atomic E-state index is 0.0204. The van der Waals surface area contributed by atoms with Crippen LogP contribution in [0.15, 0.2) is 154 Å². The molecule has 5 rings (SSSR count). The number of hydrogen-bond donors (Lipinski definition) is 0. The molecule has 0 heterocycles. The van der Waals surface area contributed by atoms with Gasteiger partial charge in [-0.1, -0.05) is 91.0 Å². The van der Waals surface area contributed by atoms with Crippen LogP contribution in [0.3, 0.4) is 0 Å². The van der Waals surface area contributed by atoms with Crippen molar-refractivity contribution in [2.75, 3.05) is 0 Å². The Morgan fingerprint density at radius 2 is 0.838 bits per heavy atom. The molecule has 0 spiro atoms. The summed E-state index contributed by atoms with van der Waals surface area (Å²) in [6, 6.07) is 45.0. The van der Waals surface area contributed by atoms with E-state index in [9.17, 15) is 10.1 Å². The third-order valence-corrected chi connectivity index (χ3v) is 9.51. The lowest BCUT2D eigenvalue weighted by Gasteiger charge is -2.27. The van der Waals surface area contributed by atoms with Crippen molar-refractivity contribution >= 4 is 45.7 Å². The Kier molecular flexibility index (Phi) is 7.11. The Morgan fingerprint density at radius 3 is 1.22 bits per heavy atom. The highest BCUT2D eigenvalue weighted by molar-refractivity contribution is 7.87. The van der Waals surface area contributed by atoms with E-state index in [2.05, 4.69) is 83.0 Å². The van der Waals surface area contributed by atoms with Crippen molar-refractivity contribution in [1.82, 2.24) is 0 Å². The number of benzene rings is 5. The van der Waals surface area contributed by atoms with Crippen molar-refractivity contribution in [1.29, 1.82) is 0 Å². The topological polar surface area (TPSA) is 80.2 Å². The van der Waals surface area contributed by atoms with Crippen LogP contribution in [0.1, 0.15) is 0 Å². The van der Waals surface area contributed by atoms with Gasteiger partial charge < -0.3 is 0 Å². The quantitative estimate of drug-likeness (QED) is 0.0984. The van der Waals surface area contributed by atoms with Crippen LogP contribution in [0.4, 0.5) is 22.7 Å². The molecule has 0 aliphatic rings. The maximum atomic E-state index is 10.8. The number of nitrogens with zero attached hydrogens (tertiary/aromatic N) is 4. The molecule has 0 aromatic heterocycles. The normalized spacial score (nSPS) is 11.4. The molecule has 37 heavy (non-hydrogen) atoms. The second-order valence-electron chi connectivity index (χ2n) is 8.23. The summed E-state index contributed by atoms with van der Waals surface area (Å²) in [4.78, 5) is 10.4. The van der Waals surface area contributed by atoms with Crippen LogP contribution >= 0.6 is 7.05 Å². The summed E-state index contributed by atoms with van der Waals surface area (Å²) in [5.74, 6) is 0. The monoisotopic (exact) mass is 502 g/mol. The summed E-state index contributed by atoms with van der Waals surface area (Å²) in [5.41, 5.74) is 2.08. The fraction of sp³-hybridized carbons (Fsp3) is 0. The van der Waals surface area contributed by atoms with Gasteiger partial charge in [0.05, 0.1) is 29.0 Å². The van der Waals surface area contributed by atoms with Gasteiger partial charge in [-0.15, -0.1) is 0 Å². The highest BCUT2D eigenvalue weighted by Crippen LogP contribution is 2.49. The van der Waals surface area contributed by atoms with Crippen LogP contribution in [0.5, 0.6) is 0 Å². The van der Waals surface area contributed by atoms with Crippen LogP contribution in [0.2, 0.25) is 0 Å². The third kappa shape index (κ3) is 5.30. The molecule has 7 heteroatoms. The van der Waals surface area contributed by atoms with Crippen LogP contribution in [-0.4, -0.2) is 4.92 Å². The predicted octanol–water partition coefficient (Wildman–Crippen LogP) is 7.82. The summed E-state index contributed by atoms with van der Waals surface area (Å²) >= 11 is 0. The van der Waals surface area contributed by atoms with E-state index in [-0.39, 0.29) is 5.69 Å². The number of non-ortho nitro benzene ring substituents is 1. The zero-order chi connectivity index (χ0) is 25.5.